The highest BCUT2D eigenvalue weighted by molar-refractivity contribution is 8.00. The van der Waals surface area contributed by atoms with Gasteiger partial charge in [-0.25, -0.2) is 4.98 Å². The number of hydrogen-bond donors (Lipinski definition) is 1. The van der Waals surface area contributed by atoms with Crippen molar-refractivity contribution in [1.29, 1.82) is 0 Å². The average molecular weight is 326 g/mol. The van der Waals surface area contributed by atoms with Crippen molar-refractivity contribution >= 4 is 35.0 Å². The number of anilines is 1. The Hall–Kier alpha value is -1.66. The van der Waals surface area contributed by atoms with E-state index in [1.165, 1.54) is 18.9 Å². The van der Waals surface area contributed by atoms with E-state index in [0.717, 1.165) is 11.4 Å². The van der Waals surface area contributed by atoms with Gasteiger partial charge in [-0.3, -0.25) is 4.79 Å². The summed E-state index contributed by atoms with van der Waals surface area (Å²) < 4.78 is 6.59. The summed E-state index contributed by atoms with van der Waals surface area (Å²) in [6, 6.07) is 5.30. The van der Waals surface area contributed by atoms with E-state index in [-0.39, 0.29) is 17.0 Å². The van der Waals surface area contributed by atoms with E-state index >= 15 is 0 Å². The maximum atomic E-state index is 11.4. The normalized spacial score (nSPS) is 12.1. The van der Waals surface area contributed by atoms with Gasteiger partial charge in [0.1, 0.15) is 5.82 Å². The number of ether oxygens (including phenoxy) is 1. The second kappa shape index (κ2) is 6.87. The lowest BCUT2D eigenvalue weighted by Crippen LogP contribution is -2.11. The molecule has 0 radical (unpaired) electrons. The van der Waals surface area contributed by atoms with Gasteiger partial charge in [0.05, 0.1) is 18.1 Å². The molecule has 2 N–H and O–H groups in total. The molecule has 1 heterocycles. The van der Waals surface area contributed by atoms with Crippen molar-refractivity contribution in [3.05, 3.63) is 47.0 Å². The average Bonchev–Trinajstić information content (AvgIpc) is 2.88. The van der Waals surface area contributed by atoms with Crippen LogP contribution in [-0.4, -0.2) is 28.4 Å². The number of aromatic nitrogens is 2. The Balaban J connectivity index is 2.38. The lowest BCUT2D eigenvalue weighted by atomic mass is 10.1. The molecule has 2 aromatic rings. The zero-order chi connectivity index (χ0) is 15.4. The smallest absolute Gasteiger partial charge is 0.315 e. The largest absolute Gasteiger partial charge is 0.468 e. The predicted octanol–water partition coefficient (Wildman–Crippen LogP) is 2.65. The van der Waals surface area contributed by atoms with Gasteiger partial charge in [-0.15, -0.1) is 11.8 Å². The summed E-state index contributed by atoms with van der Waals surface area (Å²) in [6.07, 6.45) is 3.56. The zero-order valence-electron chi connectivity index (χ0n) is 11.7. The summed E-state index contributed by atoms with van der Waals surface area (Å²) in [5.41, 5.74) is 7.51. The van der Waals surface area contributed by atoms with Crippen molar-refractivity contribution in [2.24, 2.45) is 7.05 Å². The van der Waals surface area contributed by atoms with Crippen molar-refractivity contribution < 1.29 is 9.53 Å². The van der Waals surface area contributed by atoms with Crippen LogP contribution in [0.4, 0.5) is 5.69 Å². The third-order valence-corrected chi connectivity index (χ3v) is 4.46. The van der Waals surface area contributed by atoms with E-state index < -0.39 is 0 Å². The highest BCUT2D eigenvalue weighted by Gasteiger charge is 2.23. The molecule has 1 unspecified atom stereocenters. The summed E-state index contributed by atoms with van der Waals surface area (Å²) in [6.45, 7) is 0. The van der Waals surface area contributed by atoms with Crippen LogP contribution in [0.1, 0.15) is 16.6 Å². The first-order chi connectivity index (χ1) is 10.0. The maximum absolute atomic E-state index is 11.4. The molecular formula is C14H16ClN3O2S. The zero-order valence-corrected chi connectivity index (χ0v) is 13.3. The molecule has 1 aromatic carbocycles. The first-order valence-corrected chi connectivity index (χ1v) is 7.66. The number of halogens is 1. The number of esters is 1. The van der Waals surface area contributed by atoms with Crippen molar-refractivity contribution in [2.75, 3.05) is 18.6 Å². The number of carbonyl (C=O) groups excluding carboxylic acids is 1. The van der Waals surface area contributed by atoms with Crippen LogP contribution in [-0.2, 0) is 16.6 Å². The van der Waals surface area contributed by atoms with E-state index in [4.69, 9.17) is 22.1 Å². The molecular weight excluding hydrogens is 310 g/mol. The van der Waals surface area contributed by atoms with Crippen molar-refractivity contribution in [2.45, 2.75) is 5.25 Å². The molecule has 0 spiro atoms. The van der Waals surface area contributed by atoms with Crippen LogP contribution in [0.5, 0.6) is 0 Å². The Morgan fingerprint density at radius 3 is 2.95 bits per heavy atom. The van der Waals surface area contributed by atoms with Crippen molar-refractivity contribution in [3.8, 4) is 0 Å². The van der Waals surface area contributed by atoms with Crippen LogP contribution < -0.4 is 5.73 Å². The summed E-state index contributed by atoms with van der Waals surface area (Å²) >= 11 is 7.47. The SMILES string of the molecule is COC(=O)CSC(c1cc(Cl)ccc1N)c1nccn1C. The number of nitrogen functional groups attached to an aromatic ring is 1. The fraction of sp³-hybridized carbons (Fsp3) is 0.286. The van der Waals surface area contributed by atoms with Crippen LogP contribution >= 0.6 is 23.4 Å². The van der Waals surface area contributed by atoms with E-state index in [2.05, 4.69) is 4.98 Å². The van der Waals surface area contributed by atoms with Gasteiger partial charge in [-0.1, -0.05) is 11.6 Å². The third kappa shape index (κ3) is 3.71. The number of nitrogens with two attached hydrogens (primary N) is 1. The van der Waals surface area contributed by atoms with E-state index in [1.807, 2.05) is 17.8 Å². The molecule has 0 fully saturated rings. The minimum Gasteiger partial charge on any atom is -0.468 e. The monoisotopic (exact) mass is 325 g/mol. The number of methoxy groups -OCH3 is 1. The molecule has 0 aliphatic rings. The summed E-state index contributed by atoms with van der Waals surface area (Å²) in [5, 5.41) is 0.403. The molecule has 1 atom stereocenters. The highest BCUT2D eigenvalue weighted by Crippen LogP contribution is 2.38. The standard InChI is InChI=1S/C14H16ClN3O2S/c1-18-6-5-17-14(18)13(21-8-12(19)20-2)10-7-9(15)3-4-11(10)16/h3-7,13H,8,16H2,1-2H3. The second-order valence-electron chi connectivity index (χ2n) is 4.44. The number of nitrogens with zero attached hydrogens (tertiary/aromatic N) is 2. The Labute approximate surface area is 132 Å². The first-order valence-electron chi connectivity index (χ1n) is 6.23. The molecule has 0 bridgehead atoms. The topological polar surface area (TPSA) is 70.1 Å². The van der Waals surface area contributed by atoms with Gasteiger partial charge in [-0.2, -0.15) is 0 Å². The third-order valence-electron chi connectivity index (χ3n) is 3.02. The predicted molar refractivity (Wildman–Crippen MR) is 85.4 cm³/mol. The van der Waals surface area contributed by atoms with E-state index in [0.29, 0.717) is 10.7 Å². The van der Waals surface area contributed by atoms with Gasteiger partial charge in [0.2, 0.25) is 0 Å². The van der Waals surface area contributed by atoms with Gasteiger partial charge in [-0.05, 0) is 23.8 Å². The maximum Gasteiger partial charge on any atom is 0.315 e. The van der Waals surface area contributed by atoms with Crippen LogP contribution in [0, 0.1) is 0 Å². The van der Waals surface area contributed by atoms with Gasteiger partial charge in [0.15, 0.2) is 0 Å². The number of imidazole rings is 1. The fourth-order valence-electron chi connectivity index (χ4n) is 1.92. The fourth-order valence-corrected chi connectivity index (χ4v) is 3.28. The number of thioether (sulfide) groups is 1. The van der Waals surface area contributed by atoms with E-state index in [9.17, 15) is 4.79 Å². The number of aryl methyl sites for hydroxylation is 1. The molecule has 0 aliphatic carbocycles. The summed E-state index contributed by atoms with van der Waals surface area (Å²) in [5.74, 6) is 0.720. The second-order valence-corrected chi connectivity index (χ2v) is 5.97. The Morgan fingerprint density at radius 2 is 2.33 bits per heavy atom. The molecule has 2 rings (SSSR count). The van der Waals surface area contributed by atoms with Gasteiger partial charge in [0.25, 0.3) is 0 Å². The van der Waals surface area contributed by atoms with Crippen molar-refractivity contribution in [1.82, 2.24) is 9.55 Å². The minimum absolute atomic E-state index is 0.192. The molecule has 112 valence electrons. The molecule has 21 heavy (non-hydrogen) atoms. The molecule has 7 heteroatoms. The lowest BCUT2D eigenvalue weighted by Gasteiger charge is -2.18. The molecule has 0 saturated carbocycles. The van der Waals surface area contributed by atoms with E-state index in [1.54, 1.807) is 24.4 Å². The number of rotatable bonds is 5. The Morgan fingerprint density at radius 1 is 1.57 bits per heavy atom. The molecule has 5 nitrogen and oxygen atoms in total. The van der Waals surface area contributed by atoms with Crippen LogP contribution in [0.3, 0.4) is 0 Å². The molecule has 0 aliphatic heterocycles. The molecule has 0 amide bonds. The van der Waals surface area contributed by atoms with Gasteiger partial charge < -0.3 is 15.0 Å². The van der Waals surface area contributed by atoms with Crippen LogP contribution in [0.25, 0.3) is 0 Å². The van der Waals surface area contributed by atoms with Crippen molar-refractivity contribution in [3.63, 3.8) is 0 Å². The Bertz CT molecular complexity index is 645. The molecule has 0 saturated heterocycles. The van der Waals surface area contributed by atoms with Crippen LogP contribution in [0.15, 0.2) is 30.6 Å². The van der Waals surface area contributed by atoms with Crippen LogP contribution in [0.2, 0.25) is 5.02 Å². The first kappa shape index (κ1) is 15.7. The van der Waals surface area contributed by atoms with Gasteiger partial charge in [0, 0.05) is 30.2 Å². The number of hydrogen-bond acceptors (Lipinski definition) is 5. The Kier molecular flexibility index (Phi) is 5.14. The summed E-state index contributed by atoms with van der Waals surface area (Å²) in [4.78, 5) is 15.8. The minimum atomic E-state index is -0.292. The highest BCUT2D eigenvalue weighted by atomic mass is 35.5. The molecule has 1 aromatic heterocycles. The number of carbonyl (C=O) groups is 1. The lowest BCUT2D eigenvalue weighted by molar-refractivity contribution is -0.137. The summed E-state index contributed by atoms with van der Waals surface area (Å²) in [7, 11) is 3.27. The van der Waals surface area contributed by atoms with Gasteiger partial charge >= 0.3 is 5.97 Å². The number of benzene rings is 1. The quantitative estimate of drug-likeness (QED) is 0.676.